The first-order valence-electron chi connectivity index (χ1n) is 9.97. The van der Waals surface area contributed by atoms with Crippen LogP contribution in [0.3, 0.4) is 0 Å². The Balaban J connectivity index is 1.76. The molecular formula is C22H26N2O5S. The summed E-state index contributed by atoms with van der Waals surface area (Å²) in [5.74, 6) is -0.0432. The summed E-state index contributed by atoms with van der Waals surface area (Å²) in [4.78, 5) is 28.8. The standard InChI is InChI=1S/C22H26N2O5S/c1-29-22(26)18-10-11-20(23-13-18)24-21(25)19(12-15-4-2-3-5-15)17-8-6-16(7-9-17)14-30(27)28/h6-11,13,15,19H,2-5,12,14H2,1H3,(H,27,28)(H,23,24,25). The van der Waals surface area contributed by atoms with Crippen LogP contribution < -0.4 is 5.32 Å². The summed E-state index contributed by atoms with van der Waals surface area (Å²) in [6.07, 6.45) is 6.75. The van der Waals surface area contributed by atoms with E-state index in [0.717, 1.165) is 30.4 Å². The molecule has 1 aliphatic carbocycles. The van der Waals surface area contributed by atoms with Crippen LogP contribution >= 0.6 is 0 Å². The number of pyridine rings is 1. The molecule has 1 saturated carbocycles. The maximum Gasteiger partial charge on any atom is 0.339 e. The first-order valence-corrected chi connectivity index (χ1v) is 11.3. The molecule has 2 atom stereocenters. The van der Waals surface area contributed by atoms with Crippen molar-refractivity contribution in [1.29, 1.82) is 0 Å². The number of carbonyl (C=O) groups is 2. The highest BCUT2D eigenvalue weighted by Gasteiger charge is 2.27. The number of rotatable bonds is 8. The fraction of sp³-hybridized carbons (Fsp3) is 0.409. The SMILES string of the molecule is COC(=O)c1ccc(NC(=O)C(CC2CCCC2)c2ccc(CS(=O)O)cc2)nc1. The van der Waals surface area contributed by atoms with Gasteiger partial charge in [-0.2, -0.15) is 0 Å². The molecule has 1 aromatic heterocycles. The molecule has 1 amide bonds. The van der Waals surface area contributed by atoms with E-state index in [0.29, 0.717) is 17.3 Å². The molecule has 0 spiro atoms. The van der Waals surface area contributed by atoms with E-state index in [4.69, 9.17) is 4.55 Å². The first-order chi connectivity index (χ1) is 14.5. The number of methoxy groups -OCH3 is 1. The number of nitrogens with one attached hydrogen (secondary N) is 1. The Hall–Kier alpha value is -2.58. The Morgan fingerprint density at radius 2 is 1.90 bits per heavy atom. The lowest BCUT2D eigenvalue weighted by Crippen LogP contribution is -2.23. The minimum Gasteiger partial charge on any atom is -0.465 e. The van der Waals surface area contributed by atoms with Crippen LogP contribution in [0.25, 0.3) is 0 Å². The Labute approximate surface area is 178 Å². The smallest absolute Gasteiger partial charge is 0.339 e. The van der Waals surface area contributed by atoms with Gasteiger partial charge in [0.1, 0.15) is 5.82 Å². The largest absolute Gasteiger partial charge is 0.465 e. The Morgan fingerprint density at radius 3 is 2.47 bits per heavy atom. The molecule has 1 heterocycles. The van der Waals surface area contributed by atoms with Crippen molar-refractivity contribution in [3.8, 4) is 0 Å². The summed E-state index contributed by atoms with van der Waals surface area (Å²) >= 11 is -1.90. The summed E-state index contributed by atoms with van der Waals surface area (Å²) in [6, 6.07) is 10.4. The van der Waals surface area contributed by atoms with Crippen molar-refractivity contribution in [3.05, 3.63) is 59.3 Å². The second-order valence-electron chi connectivity index (χ2n) is 7.56. The summed E-state index contributed by atoms with van der Waals surface area (Å²) in [5, 5.41) is 2.85. The van der Waals surface area contributed by atoms with Crippen LogP contribution in [0.4, 0.5) is 5.82 Å². The van der Waals surface area contributed by atoms with Crippen LogP contribution in [0.1, 0.15) is 59.5 Å². The van der Waals surface area contributed by atoms with Crippen LogP contribution in [0.5, 0.6) is 0 Å². The zero-order chi connectivity index (χ0) is 21.5. The highest BCUT2D eigenvalue weighted by atomic mass is 32.2. The number of anilines is 1. The van der Waals surface area contributed by atoms with E-state index in [9.17, 15) is 13.8 Å². The van der Waals surface area contributed by atoms with E-state index < -0.39 is 17.0 Å². The maximum atomic E-state index is 13.1. The second kappa shape index (κ2) is 10.4. The average molecular weight is 431 g/mol. The van der Waals surface area contributed by atoms with Gasteiger partial charge in [-0.1, -0.05) is 49.9 Å². The Morgan fingerprint density at radius 1 is 1.20 bits per heavy atom. The van der Waals surface area contributed by atoms with Gasteiger partial charge in [0, 0.05) is 6.20 Å². The van der Waals surface area contributed by atoms with Crippen LogP contribution in [-0.2, 0) is 26.4 Å². The quantitative estimate of drug-likeness (QED) is 0.486. The number of benzene rings is 1. The number of hydrogen-bond donors (Lipinski definition) is 2. The first kappa shape index (κ1) is 22.1. The van der Waals surface area contributed by atoms with E-state index in [1.54, 1.807) is 24.3 Å². The van der Waals surface area contributed by atoms with Crippen molar-refractivity contribution < 1.29 is 23.1 Å². The van der Waals surface area contributed by atoms with Crippen LogP contribution in [0, 0.1) is 5.92 Å². The molecule has 160 valence electrons. The molecule has 0 radical (unpaired) electrons. The Kier molecular flexibility index (Phi) is 7.70. The third-order valence-electron chi connectivity index (χ3n) is 5.47. The molecule has 1 aromatic carbocycles. The molecule has 0 aliphatic heterocycles. The van der Waals surface area contributed by atoms with Gasteiger partial charge in [0.15, 0.2) is 11.1 Å². The zero-order valence-electron chi connectivity index (χ0n) is 16.9. The number of esters is 1. The summed E-state index contributed by atoms with van der Waals surface area (Å²) in [7, 11) is 1.30. The highest BCUT2D eigenvalue weighted by Crippen LogP contribution is 2.35. The van der Waals surface area contributed by atoms with Crippen molar-refractivity contribution in [2.45, 2.75) is 43.8 Å². The molecule has 2 unspecified atom stereocenters. The predicted molar refractivity (Wildman–Crippen MR) is 114 cm³/mol. The normalized spacial score (nSPS) is 16.1. The summed E-state index contributed by atoms with van der Waals surface area (Å²) in [6.45, 7) is 0. The molecule has 8 heteroatoms. The van der Waals surface area contributed by atoms with Crippen molar-refractivity contribution >= 4 is 28.8 Å². The van der Waals surface area contributed by atoms with Gasteiger partial charge in [0.05, 0.1) is 24.3 Å². The fourth-order valence-electron chi connectivity index (χ4n) is 3.88. The minimum atomic E-state index is -1.90. The molecule has 0 saturated heterocycles. The number of amides is 1. The van der Waals surface area contributed by atoms with Gasteiger partial charge in [-0.25, -0.2) is 14.0 Å². The zero-order valence-corrected chi connectivity index (χ0v) is 17.7. The van der Waals surface area contributed by atoms with Gasteiger partial charge in [0.25, 0.3) is 0 Å². The van der Waals surface area contributed by atoms with Crippen LogP contribution in [0.2, 0.25) is 0 Å². The Bertz CT molecular complexity index is 893. The lowest BCUT2D eigenvalue weighted by atomic mass is 9.87. The van der Waals surface area contributed by atoms with Crippen molar-refractivity contribution in [2.75, 3.05) is 12.4 Å². The maximum absolute atomic E-state index is 13.1. The highest BCUT2D eigenvalue weighted by molar-refractivity contribution is 7.78. The molecule has 30 heavy (non-hydrogen) atoms. The number of ether oxygens (including phenoxy) is 1. The van der Waals surface area contributed by atoms with Crippen LogP contribution in [0.15, 0.2) is 42.6 Å². The average Bonchev–Trinajstić information content (AvgIpc) is 3.25. The van der Waals surface area contributed by atoms with Gasteiger partial charge in [-0.3, -0.25) is 4.79 Å². The lowest BCUT2D eigenvalue weighted by molar-refractivity contribution is -0.118. The van der Waals surface area contributed by atoms with Crippen LogP contribution in [-0.4, -0.2) is 32.7 Å². The molecule has 0 bridgehead atoms. The number of aromatic nitrogens is 1. The minimum absolute atomic E-state index is 0.0657. The monoisotopic (exact) mass is 430 g/mol. The third-order valence-corrected chi connectivity index (χ3v) is 6.05. The van der Waals surface area contributed by atoms with E-state index in [1.165, 1.54) is 26.1 Å². The molecule has 3 rings (SSSR count). The van der Waals surface area contributed by atoms with E-state index in [2.05, 4.69) is 15.0 Å². The van der Waals surface area contributed by atoms with E-state index in [1.807, 2.05) is 12.1 Å². The molecular weight excluding hydrogens is 404 g/mol. The van der Waals surface area contributed by atoms with Gasteiger partial charge in [0.2, 0.25) is 5.91 Å². The number of hydrogen-bond acceptors (Lipinski definition) is 5. The topological polar surface area (TPSA) is 106 Å². The summed E-state index contributed by atoms with van der Waals surface area (Å²) in [5.41, 5.74) is 1.94. The lowest BCUT2D eigenvalue weighted by Gasteiger charge is -2.21. The van der Waals surface area contributed by atoms with Gasteiger partial charge in [-0.15, -0.1) is 0 Å². The molecule has 2 N–H and O–H groups in total. The van der Waals surface area contributed by atoms with Gasteiger partial charge in [-0.05, 0) is 35.6 Å². The fourth-order valence-corrected chi connectivity index (χ4v) is 4.36. The van der Waals surface area contributed by atoms with E-state index >= 15 is 0 Å². The van der Waals surface area contributed by atoms with Crippen molar-refractivity contribution in [2.24, 2.45) is 5.92 Å². The number of carbonyl (C=O) groups excluding carboxylic acids is 2. The molecule has 1 fully saturated rings. The number of nitrogens with zero attached hydrogens (tertiary/aromatic N) is 1. The second-order valence-corrected chi connectivity index (χ2v) is 8.49. The molecule has 1 aliphatic rings. The van der Waals surface area contributed by atoms with E-state index in [-0.39, 0.29) is 17.6 Å². The van der Waals surface area contributed by atoms with Crippen molar-refractivity contribution in [3.63, 3.8) is 0 Å². The van der Waals surface area contributed by atoms with Gasteiger partial charge < -0.3 is 14.6 Å². The predicted octanol–water partition coefficient (Wildman–Crippen LogP) is 3.89. The molecule has 7 nitrogen and oxygen atoms in total. The van der Waals surface area contributed by atoms with Gasteiger partial charge >= 0.3 is 5.97 Å². The third kappa shape index (κ3) is 5.96. The summed E-state index contributed by atoms with van der Waals surface area (Å²) < 4.78 is 24.8. The molecule has 2 aromatic rings. The van der Waals surface area contributed by atoms with Crippen molar-refractivity contribution in [1.82, 2.24) is 4.98 Å².